The van der Waals surface area contributed by atoms with Gasteiger partial charge < -0.3 is 10.1 Å². The van der Waals surface area contributed by atoms with Gasteiger partial charge >= 0.3 is 0 Å². The molecule has 0 aliphatic heterocycles. The van der Waals surface area contributed by atoms with E-state index in [4.69, 9.17) is 4.74 Å². The highest BCUT2D eigenvalue weighted by Crippen LogP contribution is 2.25. The zero-order valence-electron chi connectivity index (χ0n) is 17.1. The van der Waals surface area contributed by atoms with Crippen molar-refractivity contribution in [1.29, 1.82) is 0 Å². The van der Waals surface area contributed by atoms with Crippen molar-refractivity contribution in [2.75, 3.05) is 7.11 Å². The second-order valence-corrected chi connectivity index (χ2v) is 8.58. The van der Waals surface area contributed by atoms with Gasteiger partial charge in [-0.2, -0.15) is 4.72 Å². The molecule has 1 atom stereocenters. The second-order valence-electron chi connectivity index (χ2n) is 6.90. The van der Waals surface area contributed by atoms with Gasteiger partial charge in [0.05, 0.1) is 19.2 Å². The number of ether oxygens (including phenoxy) is 1. The van der Waals surface area contributed by atoms with Crippen LogP contribution >= 0.6 is 0 Å². The van der Waals surface area contributed by atoms with Gasteiger partial charge in [-0.3, -0.25) is 4.79 Å². The highest BCUT2D eigenvalue weighted by molar-refractivity contribution is 7.89. The van der Waals surface area contributed by atoms with Crippen LogP contribution in [0.5, 0.6) is 5.75 Å². The van der Waals surface area contributed by atoms with Crippen LogP contribution in [-0.2, 0) is 14.8 Å². The molecule has 2 N–H and O–H groups in total. The zero-order valence-corrected chi connectivity index (χ0v) is 17.9. The largest absolute Gasteiger partial charge is 0.495 e. The van der Waals surface area contributed by atoms with E-state index in [9.17, 15) is 17.6 Å². The number of rotatable bonds is 8. The quantitative estimate of drug-likeness (QED) is 0.560. The van der Waals surface area contributed by atoms with Crippen LogP contribution in [0, 0.1) is 5.82 Å². The molecule has 0 bridgehead atoms. The summed E-state index contributed by atoms with van der Waals surface area (Å²) in [6, 6.07) is 20.3. The summed E-state index contributed by atoms with van der Waals surface area (Å²) in [5.41, 5.74) is 1.70. The smallest absolute Gasteiger partial charge is 0.245 e. The minimum absolute atomic E-state index is 0.0204. The number of nitrogens with one attached hydrogen (secondary N) is 2. The highest BCUT2D eigenvalue weighted by atomic mass is 32.2. The molecule has 8 heteroatoms. The first-order valence-corrected chi connectivity index (χ1v) is 11.1. The summed E-state index contributed by atoms with van der Waals surface area (Å²) in [7, 11) is -2.93. The van der Waals surface area contributed by atoms with Crippen molar-refractivity contribution >= 4 is 15.9 Å². The van der Waals surface area contributed by atoms with E-state index < -0.39 is 33.8 Å². The number of hydrogen-bond donors (Lipinski definition) is 2. The Morgan fingerprint density at radius 3 is 2.00 bits per heavy atom. The molecule has 1 amide bonds. The zero-order chi connectivity index (χ0) is 22.4. The van der Waals surface area contributed by atoms with Crippen LogP contribution in [-0.4, -0.2) is 27.5 Å². The van der Waals surface area contributed by atoms with Gasteiger partial charge in [0.25, 0.3) is 0 Å². The van der Waals surface area contributed by atoms with E-state index in [-0.39, 0.29) is 10.6 Å². The second kappa shape index (κ2) is 9.72. The van der Waals surface area contributed by atoms with Gasteiger partial charge in [0, 0.05) is 0 Å². The molecule has 0 radical (unpaired) electrons. The first kappa shape index (κ1) is 22.5. The van der Waals surface area contributed by atoms with Crippen LogP contribution in [0.2, 0.25) is 0 Å². The number of hydrogen-bond acceptors (Lipinski definition) is 4. The molecule has 162 valence electrons. The molecule has 0 fully saturated rings. The first-order chi connectivity index (χ1) is 14.8. The van der Waals surface area contributed by atoms with Crippen LogP contribution < -0.4 is 14.8 Å². The normalized spacial score (nSPS) is 12.4. The average molecular weight is 443 g/mol. The lowest BCUT2D eigenvalue weighted by Gasteiger charge is -2.23. The number of carbonyl (C=O) groups excluding carboxylic acids is 1. The minimum atomic E-state index is -4.21. The average Bonchev–Trinajstić information content (AvgIpc) is 2.78. The number of sulfonamides is 1. The van der Waals surface area contributed by atoms with Gasteiger partial charge in [-0.15, -0.1) is 0 Å². The molecule has 3 rings (SSSR count). The van der Waals surface area contributed by atoms with E-state index in [0.717, 1.165) is 23.3 Å². The Kier molecular flexibility index (Phi) is 7.04. The summed E-state index contributed by atoms with van der Waals surface area (Å²) >= 11 is 0. The third kappa shape index (κ3) is 5.48. The van der Waals surface area contributed by atoms with Crippen LogP contribution in [0.25, 0.3) is 0 Å². The summed E-state index contributed by atoms with van der Waals surface area (Å²) in [4.78, 5) is 12.5. The lowest BCUT2D eigenvalue weighted by atomic mass is 9.98. The van der Waals surface area contributed by atoms with Gasteiger partial charge in [-0.1, -0.05) is 60.7 Å². The monoisotopic (exact) mass is 442 g/mol. The summed E-state index contributed by atoms with van der Waals surface area (Å²) < 4.78 is 46.5. The van der Waals surface area contributed by atoms with E-state index in [2.05, 4.69) is 10.0 Å². The number of carbonyl (C=O) groups is 1. The van der Waals surface area contributed by atoms with E-state index in [1.807, 2.05) is 60.7 Å². The predicted octanol–water partition coefficient (Wildman–Crippen LogP) is 3.41. The Morgan fingerprint density at radius 2 is 1.48 bits per heavy atom. The third-order valence-electron chi connectivity index (χ3n) is 4.69. The summed E-state index contributed by atoms with van der Waals surface area (Å²) in [6.07, 6.45) is 0. The highest BCUT2D eigenvalue weighted by Gasteiger charge is 2.27. The summed E-state index contributed by atoms with van der Waals surface area (Å²) in [5.74, 6) is -1.28. The van der Waals surface area contributed by atoms with Crippen LogP contribution in [0.1, 0.15) is 24.1 Å². The Balaban J connectivity index is 1.82. The molecule has 0 aliphatic rings. The molecular weight excluding hydrogens is 419 g/mol. The van der Waals surface area contributed by atoms with Gasteiger partial charge in [-0.05, 0) is 36.2 Å². The molecular formula is C23H23FN2O4S. The van der Waals surface area contributed by atoms with Crippen molar-refractivity contribution in [3.8, 4) is 5.75 Å². The number of halogens is 1. The van der Waals surface area contributed by atoms with Crippen LogP contribution in [0.3, 0.4) is 0 Å². The Morgan fingerprint density at radius 1 is 0.935 bits per heavy atom. The molecule has 0 aliphatic carbocycles. The van der Waals surface area contributed by atoms with Crippen LogP contribution in [0.4, 0.5) is 4.39 Å². The summed E-state index contributed by atoms with van der Waals surface area (Å²) in [6.45, 7) is 1.42. The molecule has 3 aromatic rings. The van der Waals surface area contributed by atoms with Crippen molar-refractivity contribution in [2.24, 2.45) is 0 Å². The maximum atomic E-state index is 13.6. The van der Waals surface area contributed by atoms with Crippen molar-refractivity contribution in [1.82, 2.24) is 10.0 Å². The van der Waals surface area contributed by atoms with Gasteiger partial charge in [0.15, 0.2) is 0 Å². The van der Waals surface area contributed by atoms with Gasteiger partial charge in [-0.25, -0.2) is 12.8 Å². The number of methoxy groups -OCH3 is 1. The van der Waals surface area contributed by atoms with Gasteiger partial charge in [0.2, 0.25) is 15.9 Å². The lowest BCUT2D eigenvalue weighted by Crippen LogP contribution is -2.46. The summed E-state index contributed by atoms with van der Waals surface area (Å²) in [5, 5.41) is 2.89. The van der Waals surface area contributed by atoms with Crippen molar-refractivity contribution in [3.63, 3.8) is 0 Å². The van der Waals surface area contributed by atoms with E-state index in [1.54, 1.807) is 0 Å². The Bertz CT molecular complexity index is 1100. The van der Waals surface area contributed by atoms with Crippen molar-refractivity contribution in [3.05, 3.63) is 95.8 Å². The number of amides is 1. The molecule has 3 aromatic carbocycles. The fraction of sp³-hybridized carbons (Fsp3) is 0.174. The molecule has 0 saturated heterocycles. The molecule has 0 aromatic heterocycles. The van der Waals surface area contributed by atoms with E-state index in [0.29, 0.717) is 0 Å². The van der Waals surface area contributed by atoms with E-state index in [1.165, 1.54) is 20.1 Å². The SMILES string of the molecule is COc1ccc(F)cc1S(=O)(=O)NC(C)C(=O)NC(c1ccccc1)c1ccccc1. The molecule has 0 saturated carbocycles. The Labute approximate surface area is 181 Å². The molecule has 31 heavy (non-hydrogen) atoms. The first-order valence-electron chi connectivity index (χ1n) is 9.58. The standard InChI is InChI=1S/C23H23FN2O4S/c1-16(26-31(28,29)21-15-19(24)13-14-20(21)30-2)23(27)25-22(17-9-5-3-6-10-17)18-11-7-4-8-12-18/h3-16,22,26H,1-2H3,(H,25,27). The predicted molar refractivity (Wildman–Crippen MR) is 116 cm³/mol. The van der Waals surface area contributed by atoms with Gasteiger partial charge in [0.1, 0.15) is 16.5 Å². The molecule has 1 unspecified atom stereocenters. The maximum Gasteiger partial charge on any atom is 0.245 e. The third-order valence-corrected chi connectivity index (χ3v) is 6.25. The van der Waals surface area contributed by atoms with Crippen LogP contribution in [0.15, 0.2) is 83.8 Å². The molecule has 0 heterocycles. The Hall–Kier alpha value is -3.23. The van der Waals surface area contributed by atoms with Crippen molar-refractivity contribution in [2.45, 2.75) is 23.9 Å². The molecule has 0 spiro atoms. The maximum absolute atomic E-state index is 13.6. The topological polar surface area (TPSA) is 84.5 Å². The fourth-order valence-electron chi connectivity index (χ4n) is 3.13. The number of benzene rings is 3. The lowest BCUT2D eigenvalue weighted by molar-refractivity contribution is -0.122. The van der Waals surface area contributed by atoms with Crippen molar-refractivity contribution < 1.29 is 22.3 Å². The molecule has 6 nitrogen and oxygen atoms in total. The minimum Gasteiger partial charge on any atom is -0.495 e. The fourth-order valence-corrected chi connectivity index (χ4v) is 4.51. The van der Waals surface area contributed by atoms with E-state index >= 15 is 0 Å².